The molecule has 2 N–H and O–H groups in total. The van der Waals surface area contributed by atoms with Crippen LogP contribution in [0, 0.1) is 0 Å². The molecule has 0 aliphatic rings. The smallest absolute Gasteiger partial charge is 0.406 e. The summed E-state index contributed by atoms with van der Waals surface area (Å²) in [5.41, 5.74) is 0.768. The lowest BCUT2D eigenvalue weighted by atomic mass is 10.3. The molecular weight excluding hydrogens is 367 g/mol. The maximum absolute atomic E-state index is 12.0. The van der Waals surface area contributed by atoms with E-state index in [0.717, 1.165) is 12.1 Å². The fraction of sp³-hybridized carbons (Fsp3) is 0.0769. The molecule has 0 fully saturated rings. The maximum Gasteiger partial charge on any atom is 0.573 e. The third-order valence-corrected chi connectivity index (χ3v) is 2.98. The number of carbonyl (C=O) groups is 1. The molecule has 1 aromatic heterocycles. The number of halogens is 4. The number of nitrogens with one attached hydrogen (secondary N) is 2. The molecule has 0 atom stereocenters. The van der Waals surface area contributed by atoms with Crippen molar-refractivity contribution in [3.8, 4) is 5.75 Å². The minimum Gasteiger partial charge on any atom is -0.406 e. The van der Waals surface area contributed by atoms with Crippen molar-refractivity contribution in [2.75, 3.05) is 10.6 Å². The topological polar surface area (TPSA) is 63.2 Å². The third-order valence-electron chi connectivity index (χ3n) is 2.35. The largest absolute Gasteiger partial charge is 0.573 e. The molecular formula is C13H9BrF3N3O2. The van der Waals surface area contributed by atoms with Crippen LogP contribution in [0.1, 0.15) is 0 Å². The highest BCUT2D eigenvalue weighted by molar-refractivity contribution is 9.10. The van der Waals surface area contributed by atoms with Crippen molar-refractivity contribution in [3.63, 3.8) is 0 Å². The Balaban J connectivity index is 1.96. The Morgan fingerprint density at radius 2 is 1.82 bits per heavy atom. The van der Waals surface area contributed by atoms with Gasteiger partial charge in [0.1, 0.15) is 10.4 Å². The van der Waals surface area contributed by atoms with Crippen molar-refractivity contribution >= 4 is 33.3 Å². The van der Waals surface area contributed by atoms with Gasteiger partial charge in [0, 0.05) is 11.9 Å². The minimum absolute atomic E-state index is 0.312. The van der Waals surface area contributed by atoms with Gasteiger partial charge in [-0.15, -0.1) is 13.2 Å². The number of amides is 2. The summed E-state index contributed by atoms with van der Waals surface area (Å²) >= 11 is 3.17. The predicted molar refractivity (Wildman–Crippen MR) is 77.7 cm³/mol. The number of aromatic nitrogens is 1. The van der Waals surface area contributed by atoms with E-state index in [-0.39, 0.29) is 5.75 Å². The Labute approximate surface area is 131 Å². The van der Waals surface area contributed by atoms with Crippen LogP contribution in [0.4, 0.5) is 29.3 Å². The number of anilines is 2. The number of pyridine rings is 1. The number of benzene rings is 1. The molecule has 0 radical (unpaired) electrons. The Morgan fingerprint density at radius 3 is 2.41 bits per heavy atom. The van der Waals surface area contributed by atoms with E-state index in [0.29, 0.717) is 16.0 Å². The van der Waals surface area contributed by atoms with E-state index in [1.54, 1.807) is 18.3 Å². The van der Waals surface area contributed by atoms with Gasteiger partial charge in [-0.3, -0.25) is 0 Å². The van der Waals surface area contributed by atoms with E-state index >= 15 is 0 Å². The van der Waals surface area contributed by atoms with Gasteiger partial charge in [0.05, 0.1) is 5.69 Å². The van der Waals surface area contributed by atoms with Crippen LogP contribution in [-0.2, 0) is 0 Å². The summed E-state index contributed by atoms with van der Waals surface area (Å²) in [5, 5.41) is 5.01. The first-order chi connectivity index (χ1) is 10.3. The van der Waals surface area contributed by atoms with Crippen LogP contribution < -0.4 is 15.4 Å². The van der Waals surface area contributed by atoms with Crippen LogP contribution in [-0.4, -0.2) is 17.4 Å². The molecule has 116 valence electrons. The van der Waals surface area contributed by atoms with Crippen molar-refractivity contribution < 1.29 is 22.7 Å². The number of hydrogen-bond donors (Lipinski definition) is 2. The van der Waals surface area contributed by atoms with Crippen molar-refractivity contribution in [1.82, 2.24) is 4.98 Å². The van der Waals surface area contributed by atoms with Gasteiger partial charge in [0.25, 0.3) is 0 Å². The van der Waals surface area contributed by atoms with E-state index in [2.05, 4.69) is 36.3 Å². The molecule has 0 aliphatic heterocycles. The van der Waals surface area contributed by atoms with Crippen molar-refractivity contribution in [3.05, 3.63) is 47.2 Å². The van der Waals surface area contributed by atoms with E-state index in [4.69, 9.17) is 0 Å². The normalized spacial score (nSPS) is 10.9. The van der Waals surface area contributed by atoms with E-state index in [9.17, 15) is 18.0 Å². The van der Waals surface area contributed by atoms with Crippen molar-refractivity contribution in [1.29, 1.82) is 0 Å². The summed E-state index contributed by atoms with van der Waals surface area (Å²) < 4.78 is 40.2. The molecule has 2 rings (SSSR count). The van der Waals surface area contributed by atoms with Gasteiger partial charge in [-0.25, -0.2) is 9.78 Å². The molecule has 22 heavy (non-hydrogen) atoms. The first-order valence-electron chi connectivity index (χ1n) is 5.88. The molecule has 1 aromatic carbocycles. The molecule has 0 bridgehead atoms. The third kappa shape index (κ3) is 4.92. The Morgan fingerprint density at radius 1 is 1.14 bits per heavy atom. The number of alkyl halides is 3. The number of rotatable bonds is 3. The quantitative estimate of drug-likeness (QED) is 0.782. The second-order valence-corrected chi connectivity index (χ2v) is 4.74. The van der Waals surface area contributed by atoms with Crippen LogP contribution in [0.25, 0.3) is 0 Å². The lowest BCUT2D eigenvalue weighted by Crippen LogP contribution is -2.20. The molecule has 0 saturated carbocycles. The highest BCUT2D eigenvalue weighted by Gasteiger charge is 2.30. The number of carbonyl (C=O) groups excluding carboxylic acids is 1. The first kappa shape index (κ1) is 16.1. The SMILES string of the molecule is O=C(Nc1ccc(OC(F)(F)F)cc1)Nc1cccnc1Br. The van der Waals surface area contributed by atoms with Gasteiger partial charge < -0.3 is 15.4 Å². The van der Waals surface area contributed by atoms with Gasteiger partial charge in [-0.05, 0) is 52.3 Å². The second-order valence-electron chi connectivity index (χ2n) is 3.99. The van der Waals surface area contributed by atoms with Crippen LogP contribution in [0.2, 0.25) is 0 Å². The fourth-order valence-electron chi connectivity index (χ4n) is 1.50. The van der Waals surface area contributed by atoms with Gasteiger partial charge in [-0.2, -0.15) is 0 Å². The van der Waals surface area contributed by atoms with Gasteiger partial charge in [-0.1, -0.05) is 0 Å². The highest BCUT2D eigenvalue weighted by atomic mass is 79.9. The maximum atomic E-state index is 12.0. The van der Waals surface area contributed by atoms with Crippen molar-refractivity contribution in [2.45, 2.75) is 6.36 Å². The van der Waals surface area contributed by atoms with Crippen LogP contribution in [0.5, 0.6) is 5.75 Å². The average Bonchev–Trinajstić information content (AvgIpc) is 2.42. The minimum atomic E-state index is -4.75. The molecule has 0 aliphatic carbocycles. The zero-order chi connectivity index (χ0) is 16.2. The van der Waals surface area contributed by atoms with E-state index in [1.165, 1.54) is 12.1 Å². The molecule has 5 nitrogen and oxygen atoms in total. The lowest BCUT2D eigenvalue weighted by molar-refractivity contribution is -0.274. The predicted octanol–water partition coefficient (Wildman–Crippen LogP) is 4.39. The summed E-state index contributed by atoms with van der Waals surface area (Å²) in [7, 11) is 0. The summed E-state index contributed by atoms with van der Waals surface area (Å²) in [6, 6.07) is 7.50. The summed E-state index contributed by atoms with van der Waals surface area (Å²) in [6.07, 6.45) is -3.20. The number of urea groups is 1. The summed E-state index contributed by atoms with van der Waals surface area (Å²) in [4.78, 5) is 15.7. The monoisotopic (exact) mass is 375 g/mol. The van der Waals surface area contributed by atoms with Crippen molar-refractivity contribution in [2.24, 2.45) is 0 Å². The van der Waals surface area contributed by atoms with E-state index < -0.39 is 12.4 Å². The Hall–Kier alpha value is -2.29. The average molecular weight is 376 g/mol. The standard InChI is InChI=1S/C13H9BrF3N3O2/c14-11-10(2-1-7-18-11)20-12(21)19-8-3-5-9(6-4-8)22-13(15,16)17/h1-7H,(H2,19,20,21). The van der Waals surface area contributed by atoms with Gasteiger partial charge in [0.15, 0.2) is 0 Å². The molecule has 2 amide bonds. The fourth-order valence-corrected chi connectivity index (χ4v) is 1.85. The molecule has 0 saturated heterocycles. The lowest BCUT2D eigenvalue weighted by Gasteiger charge is -2.11. The molecule has 9 heteroatoms. The first-order valence-corrected chi connectivity index (χ1v) is 6.67. The van der Waals surface area contributed by atoms with Crippen LogP contribution in [0.15, 0.2) is 47.2 Å². The molecule has 1 heterocycles. The highest BCUT2D eigenvalue weighted by Crippen LogP contribution is 2.24. The molecule has 0 unspecified atom stereocenters. The Bertz CT molecular complexity index is 662. The van der Waals surface area contributed by atoms with Gasteiger partial charge in [0.2, 0.25) is 0 Å². The van der Waals surface area contributed by atoms with Gasteiger partial charge >= 0.3 is 12.4 Å². The zero-order valence-corrected chi connectivity index (χ0v) is 12.4. The summed E-state index contributed by atoms with van der Waals surface area (Å²) in [6.45, 7) is 0. The second kappa shape index (κ2) is 6.65. The zero-order valence-electron chi connectivity index (χ0n) is 10.8. The van der Waals surface area contributed by atoms with Crippen LogP contribution in [0.3, 0.4) is 0 Å². The molecule has 2 aromatic rings. The number of ether oxygens (including phenoxy) is 1. The van der Waals surface area contributed by atoms with Crippen LogP contribution >= 0.6 is 15.9 Å². The number of hydrogen-bond acceptors (Lipinski definition) is 3. The summed E-state index contributed by atoms with van der Waals surface area (Å²) in [5.74, 6) is -0.367. The Kier molecular flexibility index (Phi) is 4.86. The number of nitrogens with zero attached hydrogens (tertiary/aromatic N) is 1. The van der Waals surface area contributed by atoms with E-state index in [1.807, 2.05) is 0 Å². The molecule has 0 spiro atoms.